The molecule has 2 aromatic carbocycles. The zero-order chi connectivity index (χ0) is 13.8. The van der Waals surface area contributed by atoms with Crippen LogP contribution in [0.3, 0.4) is 0 Å². The lowest BCUT2D eigenvalue weighted by Gasteiger charge is -2.07. The van der Waals surface area contributed by atoms with Gasteiger partial charge in [-0.05, 0) is 42.5 Å². The first-order valence-corrected chi connectivity index (χ1v) is 5.31. The van der Waals surface area contributed by atoms with Crippen molar-refractivity contribution in [1.82, 2.24) is 0 Å². The highest BCUT2D eigenvalue weighted by Crippen LogP contribution is 2.25. The Hall–Kier alpha value is -2.87. The Balaban J connectivity index is 2.26. The van der Waals surface area contributed by atoms with Crippen LogP contribution in [0, 0.1) is 17.1 Å². The lowest BCUT2D eigenvalue weighted by Crippen LogP contribution is -1.95. The predicted molar refractivity (Wildman–Crippen MR) is 64.6 cm³/mol. The number of rotatable bonds is 3. The molecule has 0 bridgehead atoms. The second-order valence-electron chi connectivity index (χ2n) is 3.68. The number of carbonyl (C=O) groups is 1. The summed E-state index contributed by atoms with van der Waals surface area (Å²) in [6.07, 6.45) is 0. The number of carboxylic acid groups (broad SMARTS) is 1. The molecule has 0 saturated heterocycles. The topological polar surface area (TPSA) is 70.3 Å². The Morgan fingerprint density at radius 1 is 1.21 bits per heavy atom. The van der Waals surface area contributed by atoms with Crippen LogP contribution in [0.1, 0.15) is 15.9 Å². The second-order valence-corrected chi connectivity index (χ2v) is 3.68. The van der Waals surface area contributed by atoms with Crippen molar-refractivity contribution in [3.05, 3.63) is 59.4 Å². The molecule has 0 amide bonds. The van der Waals surface area contributed by atoms with Gasteiger partial charge in [-0.25, -0.2) is 9.18 Å². The lowest BCUT2D eigenvalue weighted by atomic mass is 10.2. The van der Waals surface area contributed by atoms with Crippen LogP contribution in [0.25, 0.3) is 0 Å². The van der Waals surface area contributed by atoms with Gasteiger partial charge in [0.05, 0.1) is 11.1 Å². The van der Waals surface area contributed by atoms with Crippen molar-refractivity contribution in [3.8, 4) is 17.6 Å². The first kappa shape index (κ1) is 12.6. The zero-order valence-electron chi connectivity index (χ0n) is 9.63. The van der Waals surface area contributed by atoms with Gasteiger partial charge in [0.2, 0.25) is 0 Å². The van der Waals surface area contributed by atoms with Crippen molar-refractivity contribution in [1.29, 1.82) is 5.26 Å². The highest BCUT2D eigenvalue weighted by molar-refractivity contribution is 5.87. The summed E-state index contributed by atoms with van der Waals surface area (Å²) >= 11 is 0. The molecule has 2 aromatic rings. The van der Waals surface area contributed by atoms with Crippen molar-refractivity contribution >= 4 is 5.97 Å². The van der Waals surface area contributed by atoms with Crippen molar-refractivity contribution in [2.24, 2.45) is 0 Å². The van der Waals surface area contributed by atoms with Gasteiger partial charge >= 0.3 is 5.97 Å². The second kappa shape index (κ2) is 5.19. The standard InChI is InChI=1S/C14H8FNO3/c15-11-3-6-13(10(7-11)8-16)19-12-4-1-9(2-5-12)14(17)18/h1-7H,(H,17,18). The number of ether oxygens (including phenoxy) is 1. The Morgan fingerprint density at radius 2 is 1.89 bits per heavy atom. The van der Waals surface area contributed by atoms with Gasteiger partial charge in [0.1, 0.15) is 23.4 Å². The SMILES string of the molecule is N#Cc1cc(F)ccc1Oc1ccc(C(=O)O)cc1. The van der Waals surface area contributed by atoms with Crippen LogP contribution >= 0.6 is 0 Å². The molecule has 2 rings (SSSR count). The molecule has 94 valence electrons. The number of nitriles is 1. The molecule has 0 aromatic heterocycles. The number of hydrogen-bond donors (Lipinski definition) is 1. The molecule has 0 aliphatic carbocycles. The van der Waals surface area contributed by atoms with Crippen LogP contribution in [-0.2, 0) is 0 Å². The number of aromatic carboxylic acids is 1. The number of carboxylic acids is 1. The molecule has 0 saturated carbocycles. The normalized spacial score (nSPS) is 9.68. The van der Waals surface area contributed by atoms with E-state index in [1.54, 1.807) is 0 Å². The molecule has 1 N–H and O–H groups in total. The van der Waals surface area contributed by atoms with E-state index in [-0.39, 0.29) is 16.9 Å². The Kier molecular flexibility index (Phi) is 3.44. The van der Waals surface area contributed by atoms with Crippen LogP contribution in [0.2, 0.25) is 0 Å². The summed E-state index contributed by atoms with van der Waals surface area (Å²) < 4.78 is 18.4. The number of hydrogen-bond acceptors (Lipinski definition) is 3. The number of nitrogens with zero attached hydrogens (tertiary/aromatic N) is 1. The monoisotopic (exact) mass is 257 g/mol. The van der Waals surface area contributed by atoms with E-state index in [1.807, 2.05) is 6.07 Å². The van der Waals surface area contributed by atoms with E-state index in [1.165, 1.54) is 36.4 Å². The molecule has 0 unspecified atom stereocenters. The van der Waals surface area contributed by atoms with E-state index in [9.17, 15) is 9.18 Å². The molecule has 5 heteroatoms. The summed E-state index contributed by atoms with van der Waals surface area (Å²) in [5, 5.41) is 17.6. The fraction of sp³-hybridized carbons (Fsp3) is 0. The van der Waals surface area contributed by atoms with E-state index < -0.39 is 11.8 Å². The molecule has 0 fully saturated rings. The minimum Gasteiger partial charge on any atom is -0.478 e. The van der Waals surface area contributed by atoms with E-state index in [0.29, 0.717) is 5.75 Å². The van der Waals surface area contributed by atoms with Gasteiger partial charge < -0.3 is 9.84 Å². The average Bonchev–Trinajstić information content (AvgIpc) is 2.41. The zero-order valence-corrected chi connectivity index (χ0v) is 9.63. The molecule has 19 heavy (non-hydrogen) atoms. The summed E-state index contributed by atoms with van der Waals surface area (Å²) in [5.74, 6) is -0.976. The average molecular weight is 257 g/mol. The van der Waals surface area contributed by atoms with Crippen LogP contribution in [-0.4, -0.2) is 11.1 Å². The molecule has 0 spiro atoms. The highest BCUT2D eigenvalue weighted by atomic mass is 19.1. The van der Waals surface area contributed by atoms with Crippen molar-refractivity contribution < 1.29 is 19.0 Å². The smallest absolute Gasteiger partial charge is 0.335 e. The highest BCUT2D eigenvalue weighted by Gasteiger charge is 2.07. The van der Waals surface area contributed by atoms with Crippen molar-refractivity contribution in [2.75, 3.05) is 0 Å². The quantitative estimate of drug-likeness (QED) is 0.916. The predicted octanol–water partition coefficient (Wildman–Crippen LogP) is 3.19. The largest absolute Gasteiger partial charge is 0.478 e. The fourth-order valence-electron chi connectivity index (χ4n) is 1.47. The van der Waals surface area contributed by atoms with Crippen molar-refractivity contribution in [2.45, 2.75) is 0 Å². The van der Waals surface area contributed by atoms with Gasteiger partial charge in [-0.15, -0.1) is 0 Å². The molecule has 0 heterocycles. The maximum atomic E-state index is 12.9. The van der Waals surface area contributed by atoms with E-state index in [0.717, 1.165) is 6.07 Å². The molecule has 0 radical (unpaired) electrons. The number of halogens is 1. The third kappa shape index (κ3) is 2.87. The fourth-order valence-corrected chi connectivity index (χ4v) is 1.47. The molecule has 0 atom stereocenters. The number of benzene rings is 2. The van der Waals surface area contributed by atoms with Crippen LogP contribution in [0.5, 0.6) is 11.5 Å². The van der Waals surface area contributed by atoms with Gasteiger partial charge in [-0.1, -0.05) is 0 Å². The maximum absolute atomic E-state index is 12.9. The Morgan fingerprint density at radius 3 is 2.47 bits per heavy atom. The molecule has 0 aliphatic rings. The van der Waals surface area contributed by atoms with Gasteiger partial charge in [0.25, 0.3) is 0 Å². The summed E-state index contributed by atoms with van der Waals surface area (Å²) in [6.45, 7) is 0. The first-order valence-electron chi connectivity index (χ1n) is 5.31. The van der Waals surface area contributed by atoms with Crippen molar-refractivity contribution in [3.63, 3.8) is 0 Å². The maximum Gasteiger partial charge on any atom is 0.335 e. The molecule has 4 nitrogen and oxygen atoms in total. The van der Waals surface area contributed by atoms with Gasteiger partial charge in [-0.3, -0.25) is 0 Å². The summed E-state index contributed by atoms with van der Waals surface area (Å²) in [6, 6.07) is 11.1. The Labute approximate surface area is 108 Å². The summed E-state index contributed by atoms with van der Waals surface area (Å²) in [5.41, 5.74) is 0.203. The Bertz CT molecular complexity index is 659. The lowest BCUT2D eigenvalue weighted by molar-refractivity contribution is 0.0697. The van der Waals surface area contributed by atoms with Crippen LogP contribution in [0.15, 0.2) is 42.5 Å². The third-order valence-electron chi connectivity index (χ3n) is 2.39. The summed E-state index contributed by atoms with van der Waals surface area (Å²) in [7, 11) is 0. The third-order valence-corrected chi connectivity index (χ3v) is 2.39. The minimum atomic E-state index is -1.04. The van der Waals surface area contributed by atoms with Crippen LogP contribution < -0.4 is 4.74 Å². The minimum absolute atomic E-state index is 0.0716. The van der Waals surface area contributed by atoms with E-state index in [2.05, 4.69) is 0 Å². The first-order chi connectivity index (χ1) is 9.10. The summed E-state index contributed by atoms with van der Waals surface area (Å²) in [4.78, 5) is 10.7. The van der Waals surface area contributed by atoms with E-state index in [4.69, 9.17) is 15.1 Å². The molecule has 0 aliphatic heterocycles. The molecular weight excluding hydrogens is 249 g/mol. The van der Waals surface area contributed by atoms with Gasteiger partial charge in [0, 0.05) is 0 Å². The molecular formula is C14H8FNO3. The van der Waals surface area contributed by atoms with E-state index >= 15 is 0 Å². The van der Waals surface area contributed by atoms with Gasteiger partial charge in [0.15, 0.2) is 0 Å². The van der Waals surface area contributed by atoms with Gasteiger partial charge in [-0.2, -0.15) is 5.26 Å². The van der Waals surface area contributed by atoms with Crippen LogP contribution in [0.4, 0.5) is 4.39 Å².